The molecule has 2 heteroatoms. The number of rotatable bonds is 4. The third-order valence-corrected chi connectivity index (χ3v) is 7.60. The molecule has 29 heavy (non-hydrogen) atoms. The predicted octanol–water partition coefficient (Wildman–Crippen LogP) is 6.39. The second kappa shape index (κ2) is 7.09. The first-order chi connectivity index (χ1) is 14.2. The van der Waals surface area contributed by atoms with Crippen LogP contribution in [-0.2, 0) is 12.8 Å². The van der Waals surface area contributed by atoms with Crippen molar-refractivity contribution in [2.24, 2.45) is 11.8 Å². The van der Waals surface area contributed by atoms with E-state index in [9.17, 15) is 0 Å². The molecule has 150 valence electrons. The van der Waals surface area contributed by atoms with Gasteiger partial charge in [-0.25, -0.2) is 0 Å². The normalized spacial score (nSPS) is 26.6. The molecule has 2 saturated carbocycles. The predicted molar refractivity (Wildman–Crippen MR) is 120 cm³/mol. The molecule has 4 bridgehead atoms. The third kappa shape index (κ3) is 2.68. The first-order valence-electron chi connectivity index (χ1n) is 10.9. The molecule has 2 nitrogen and oxygen atoms in total. The van der Waals surface area contributed by atoms with Gasteiger partial charge in [0, 0.05) is 11.1 Å². The highest BCUT2D eigenvalue weighted by Gasteiger charge is 2.57. The molecule has 2 aromatic carbocycles. The number of methoxy groups -OCH3 is 2. The number of aryl methyl sites for hydroxylation is 2. The minimum Gasteiger partial charge on any atom is -0.496 e. The lowest BCUT2D eigenvalue weighted by molar-refractivity contribution is -0.0132. The Bertz CT molecular complexity index is 907. The minimum atomic E-state index is 0.488. The van der Waals surface area contributed by atoms with Crippen LogP contribution < -0.4 is 9.47 Å². The van der Waals surface area contributed by atoms with Gasteiger partial charge in [-0.1, -0.05) is 37.4 Å². The molecule has 0 radical (unpaired) electrons. The van der Waals surface area contributed by atoms with Crippen LogP contribution >= 0.6 is 0 Å². The molecule has 2 aromatic rings. The van der Waals surface area contributed by atoms with Crippen molar-refractivity contribution in [3.63, 3.8) is 0 Å². The van der Waals surface area contributed by atoms with Crippen LogP contribution in [-0.4, -0.2) is 14.2 Å². The van der Waals surface area contributed by atoms with E-state index in [2.05, 4.69) is 37.4 Å². The van der Waals surface area contributed by atoms with Gasteiger partial charge in [0.05, 0.1) is 14.2 Å². The number of benzene rings is 2. The molecule has 0 amide bonds. The van der Waals surface area contributed by atoms with Crippen LogP contribution in [0.2, 0.25) is 0 Å². The molecule has 3 aliphatic carbocycles. The van der Waals surface area contributed by atoms with Crippen LogP contribution in [0.5, 0.6) is 11.5 Å². The molecule has 4 unspecified atom stereocenters. The van der Waals surface area contributed by atoms with E-state index in [1.807, 2.05) is 12.2 Å². The number of hydrogen-bond donors (Lipinski definition) is 0. The van der Waals surface area contributed by atoms with Crippen molar-refractivity contribution in [3.05, 3.63) is 70.8 Å². The van der Waals surface area contributed by atoms with Crippen molar-refractivity contribution in [2.45, 2.75) is 43.9 Å². The Morgan fingerprint density at radius 1 is 0.759 bits per heavy atom. The summed E-state index contributed by atoms with van der Waals surface area (Å²) in [6, 6.07) is 9.38. The van der Waals surface area contributed by atoms with Crippen LogP contribution in [0.3, 0.4) is 0 Å². The molecular formula is C27H30O2. The fourth-order valence-electron chi connectivity index (χ4n) is 6.21. The van der Waals surface area contributed by atoms with E-state index in [1.165, 1.54) is 35.1 Å². The Labute approximate surface area is 174 Å². The molecule has 3 aliphatic rings. The van der Waals surface area contributed by atoms with Crippen molar-refractivity contribution < 1.29 is 9.47 Å². The van der Waals surface area contributed by atoms with E-state index < -0.39 is 0 Å². The van der Waals surface area contributed by atoms with Gasteiger partial charge in [0.2, 0.25) is 0 Å². The molecule has 5 rings (SSSR count). The average Bonchev–Trinajstić information content (AvgIpc) is 2.74. The summed E-state index contributed by atoms with van der Waals surface area (Å²) in [5, 5.41) is 0. The van der Waals surface area contributed by atoms with E-state index >= 15 is 0 Å². The summed E-state index contributed by atoms with van der Waals surface area (Å²) in [6.45, 7) is 8.13. The molecule has 0 aliphatic heterocycles. The smallest absolute Gasteiger partial charge is 0.129 e. The summed E-state index contributed by atoms with van der Waals surface area (Å²) in [4.78, 5) is 0. The van der Waals surface area contributed by atoms with Gasteiger partial charge in [-0.15, -0.1) is 0 Å². The van der Waals surface area contributed by atoms with Gasteiger partial charge in [-0.2, -0.15) is 0 Å². The number of fused-ring (bicyclic) bond motifs is 10. The molecule has 0 N–H and O–H groups in total. The molecule has 2 fully saturated rings. The fraction of sp³-hybridized carbons (Fsp3) is 0.407. The summed E-state index contributed by atoms with van der Waals surface area (Å²) >= 11 is 0. The average molecular weight is 387 g/mol. The Kier molecular flexibility index (Phi) is 4.53. The standard InChI is InChI=1S/C27H30O2/c1-5-18-12-16-8-7-9-17-13-19(6-2)27(29-4)23(15-17)25-21-11-10-20(21)24(25)22(14-16)26(18)28-3/h5-6,12-15,20-21,24-25H,1-2,7-11H2,3-4H3. The molecular weight excluding hydrogens is 356 g/mol. The summed E-state index contributed by atoms with van der Waals surface area (Å²) in [6.07, 6.45) is 9.83. The van der Waals surface area contributed by atoms with E-state index in [0.29, 0.717) is 11.8 Å². The van der Waals surface area contributed by atoms with Crippen molar-refractivity contribution in [3.8, 4) is 11.5 Å². The second-order valence-electron chi connectivity index (χ2n) is 8.83. The fourth-order valence-corrected chi connectivity index (χ4v) is 6.21. The highest BCUT2D eigenvalue weighted by atomic mass is 16.5. The first-order valence-corrected chi connectivity index (χ1v) is 10.9. The topological polar surface area (TPSA) is 18.5 Å². The lowest BCUT2D eigenvalue weighted by Crippen LogP contribution is -2.50. The van der Waals surface area contributed by atoms with Gasteiger partial charge in [0.25, 0.3) is 0 Å². The van der Waals surface area contributed by atoms with Gasteiger partial charge >= 0.3 is 0 Å². The van der Waals surface area contributed by atoms with Crippen molar-refractivity contribution in [1.82, 2.24) is 0 Å². The van der Waals surface area contributed by atoms with E-state index in [1.54, 1.807) is 14.2 Å². The van der Waals surface area contributed by atoms with Crippen molar-refractivity contribution in [2.75, 3.05) is 14.2 Å². The van der Waals surface area contributed by atoms with Gasteiger partial charge in [0.15, 0.2) is 0 Å². The highest BCUT2D eigenvalue weighted by Crippen LogP contribution is 2.69. The summed E-state index contributed by atoms with van der Waals surface area (Å²) in [5.74, 6) is 4.51. The van der Waals surface area contributed by atoms with Gasteiger partial charge in [0.1, 0.15) is 11.5 Å². The van der Waals surface area contributed by atoms with Crippen LogP contribution in [0.4, 0.5) is 0 Å². The zero-order valence-electron chi connectivity index (χ0n) is 17.5. The maximum absolute atomic E-state index is 5.95. The summed E-state index contributed by atoms with van der Waals surface area (Å²) < 4.78 is 11.9. The van der Waals surface area contributed by atoms with Gasteiger partial charge in [-0.3, -0.25) is 0 Å². The Morgan fingerprint density at radius 3 is 1.55 bits per heavy atom. The van der Waals surface area contributed by atoms with Crippen molar-refractivity contribution >= 4 is 12.2 Å². The molecule has 0 heterocycles. The molecule has 0 saturated heterocycles. The Hall–Kier alpha value is -2.48. The maximum atomic E-state index is 5.95. The maximum Gasteiger partial charge on any atom is 0.129 e. The SMILES string of the molecule is C=Cc1cc2cc(c1OC)C1C3CCC3C1c1cc(cc(C=C)c1OC)CCC2. The van der Waals surface area contributed by atoms with E-state index in [0.717, 1.165) is 53.7 Å². The Morgan fingerprint density at radius 2 is 1.21 bits per heavy atom. The number of ether oxygens (including phenoxy) is 2. The minimum absolute atomic E-state index is 0.488. The Balaban J connectivity index is 1.74. The van der Waals surface area contributed by atoms with E-state index in [-0.39, 0.29) is 0 Å². The van der Waals surface area contributed by atoms with Crippen molar-refractivity contribution in [1.29, 1.82) is 0 Å². The van der Waals surface area contributed by atoms with E-state index in [4.69, 9.17) is 9.47 Å². The second-order valence-corrected chi connectivity index (χ2v) is 8.83. The van der Waals surface area contributed by atoms with Gasteiger partial charge in [-0.05, 0) is 90.2 Å². The largest absolute Gasteiger partial charge is 0.496 e. The van der Waals surface area contributed by atoms with Gasteiger partial charge < -0.3 is 9.47 Å². The van der Waals surface area contributed by atoms with Crippen LogP contribution in [0.1, 0.15) is 64.5 Å². The zero-order chi connectivity index (χ0) is 20.1. The van der Waals surface area contributed by atoms with Crippen LogP contribution in [0.15, 0.2) is 37.4 Å². The molecule has 4 atom stereocenters. The highest BCUT2D eigenvalue weighted by molar-refractivity contribution is 5.65. The zero-order valence-corrected chi connectivity index (χ0v) is 17.5. The lowest BCUT2D eigenvalue weighted by Gasteiger charge is -2.60. The lowest BCUT2D eigenvalue weighted by atomic mass is 9.44. The van der Waals surface area contributed by atoms with Crippen LogP contribution in [0.25, 0.3) is 12.2 Å². The summed E-state index contributed by atoms with van der Waals surface area (Å²) in [7, 11) is 3.60. The summed E-state index contributed by atoms with van der Waals surface area (Å²) in [5.41, 5.74) is 7.82. The third-order valence-electron chi connectivity index (χ3n) is 7.60. The van der Waals surface area contributed by atoms with Crippen LogP contribution in [0, 0.1) is 11.8 Å². The molecule has 0 aromatic heterocycles. The quantitative estimate of drug-likeness (QED) is 0.606. The number of hydrogen-bond acceptors (Lipinski definition) is 2. The first kappa shape index (κ1) is 18.5. The monoisotopic (exact) mass is 386 g/mol. The molecule has 0 spiro atoms.